The minimum Gasteiger partial charge on any atom is -0.264 e. The summed E-state index contributed by atoms with van der Waals surface area (Å²) < 4.78 is 0. The van der Waals surface area contributed by atoms with Gasteiger partial charge in [-0.1, -0.05) is 24.3 Å². The smallest absolute Gasteiger partial charge is 0.0708 e. The Kier molecular flexibility index (Phi) is 2.90. The van der Waals surface area contributed by atoms with Gasteiger partial charge in [-0.25, -0.2) is 0 Å². The molecule has 4 rings (SSSR count). The highest BCUT2D eigenvalue weighted by Crippen LogP contribution is 2.30. The Labute approximate surface area is 129 Å². The molecule has 0 saturated carbocycles. The van der Waals surface area contributed by atoms with E-state index in [4.69, 9.17) is 0 Å². The van der Waals surface area contributed by atoms with Crippen molar-refractivity contribution in [3.05, 3.63) is 72.2 Å². The normalized spacial score (nSPS) is 11.2. The van der Waals surface area contributed by atoms with Crippen molar-refractivity contribution in [3.63, 3.8) is 0 Å². The van der Waals surface area contributed by atoms with Crippen molar-refractivity contribution in [2.45, 2.75) is 13.8 Å². The highest BCUT2D eigenvalue weighted by Gasteiger charge is 2.07. The van der Waals surface area contributed by atoms with Gasteiger partial charge >= 0.3 is 0 Å². The summed E-state index contributed by atoms with van der Waals surface area (Å²) in [7, 11) is 0. The van der Waals surface area contributed by atoms with Crippen molar-refractivity contribution >= 4 is 21.7 Å². The highest BCUT2D eigenvalue weighted by molar-refractivity contribution is 5.93. The lowest BCUT2D eigenvalue weighted by Gasteiger charge is -2.10. The number of pyridine rings is 2. The van der Waals surface area contributed by atoms with E-state index < -0.39 is 0 Å². The van der Waals surface area contributed by atoms with Gasteiger partial charge in [0.1, 0.15) is 0 Å². The zero-order valence-corrected chi connectivity index (χ0v) is 12.7. The minimum absolute atomic E-state index is 1.04. The maximum absolute atomic E-state index is 4.55. The molecule has 22 heavy (non-hydrogen) atoms. The first-order valence-electron chi connectivity index (χ1n) is 7.42. The van der Waals surface area contributed by atoms with Gasteiger partial charge in [-0.3, -0.25) is 9.97 Å². The molecule has 0 bridgehead atoms. The molecule has 0 N–H and O–H groups in total. The molecule has 2 aromatic carbocycles. The number of benzene rings is 2. The van der Waals surface area contributed by atoms with Crippen LogP contribution in [0.5, 0.6) is 0 Å². The summed E-state index contributed by atoms with van der Waals surface area (Å²) in [5, 5.41) is 3.62. The molecule has 0 atom stereocenters. The quantitative estimate of drug-likeness (QED) is 0.488. The van der Waals surface area contributed by atoms with Gasteiger partial charge in [-0.05, 0) is 59.7 Å². The molecule has 0 aliphatic rings. The van der Waals surface area contributed by atoms with E-state index in [2.05, 4.69) is 66.3 Å². The summed E-state index contributed by atoms with van der Waals surface area (Å²) >= 11 is 0. The van der Waals surface area contributed by atoms with E-state index in [-0.39, 0.29) is 0 Å². The molecule has 0 spiro atoms. The standard InChI is InChI=1S/C20H16N2/c1-13-9-17-4-3-16(10-20(17)22-11-13)18-6-5-15-7-8-21-12-19(15)14(18)2/h3-12H,1-2H3. The first-order valence-corrected chi connectivity index (χ1v) is 7.42. The van der Waals surface area contributed by atoms with E-state index in [1.807, 2.05) is 18.6 Å². The van der Waals surface area contributed by atoms with Gasteiger partial charge < -0.3 is 0 Å². The first kappa shape index (κ1) is 13.0. The minimum atomic E-state index is 1.04. The lowest BCUT2D eigenvalue weighted by molar-refractivity contribution is 1.33. The van der Waals surface area contributed by atoms with Crippen molar-refractivity contribution in [1.29, 1.82) is 0 Å². The number of rotatable bonds is 1. The SMILES string of the molecule is Cc1cnc2cc(-c3ccc4ccncc4c3C)ccc2c1. The van der Waals surface area contributed by atoms with Crippen molar-refractivity contribution in [2.24, 2.45) is 0 Å². The Bertz CT molecular complexity index is 1000. The fourth-order valence-corrected chi connectivity index (χ4v) is 3.02. The average Bonchev–Trinajstić information content (AvgIpc) is 2.55. The van der Waals surface area contributed by atoms with Crippen LogP contribution in [-0.2, 0) is 0 Å². The van der Waals surface area contributed by atoms with Crippen LogP contribution in [-0.4, -0.2) is 9.97 Å². The van der Waals surface area contributed by atoms with E-state index in [0.717, 1.165) is 5.52 Å². The molecule has 2 heterocycles. The Morgan fingerprint density at radius 1 is 0.818 bits per heavy atom. The van der Waals surface area contributed by atoms with Gasteiger partial charge in [-0.2, -0.15) is 0 Å². The summed E-state index contributed by atoms with van der Waals surface area (Å²) in [5.41, 5.74) is 5.93. The van der Waals surface area contributed by atoms with Crippen LogP contribution in [0.1, 0.15) is 11.1 Å². The van der Waals surface area contributed by atoms with E-state index in [9.17, 15) is 0 Å². The Balaban J connectivity index is 1.94. The summed E-state index contributed by atoms with van der Waals surface area (Å²) in [4.78, 5) is 8.80. The molecule has 0 saturated heterocycles. The predicted molar refractivity (Wildman–Crippen MR) is 92.0 cm³/mol. The van der Waals surface area contributed by atoms with Crippen LogP contribution in [0.25, 0.3) is 32.8 Å². The van der Waals surface area contributed by atoms with Gasteiger partial charge in [0.2, 0.25) is 0 Å². The maximum atomic E-state index is 4.55. The number of aryl methyl sites for hydroxylation is 2. The highest BCUT2D eigenvalue weighted by atomic mass is 14.6. The molecule has 0 aliphatic heterocycles. The number of nitrogens with zero attached hydrogens (tertiary/aromatic N) is 2. The number of hydrogen-bond acceptors (Lipinski definition) is 2. The van der Waals surface area contributed by atoms with E-state index in [0.29, 0.717) is 0 Å². The number of hydrogen-bond donors (Lipinski definition) is 0. The molecule has 0 aliphatic carbocycles. The summed E-state index contributed by atoms with van der Waals surface area (Å²) in [6.07, 6.45) is 5.70. The van der Waals surface area contributed by atoms with Gasteiger partial charge in [0, 0.05) is 29.4 Å². The van der Waals surface area contributed by atoms with E-state index in [1.54, 1.807) is 0 Å². The third kappa shape index (κ3) is 2.04. The Morgan fingerprint density at radius 3 is 2.59 bits per heavy atom. The van der Waals surface area contributed by atoms with Crippen LogP contribution in [0.15, 0.2) is 61.1 Å². The fraction of sp³-hybridized carbons (Fsp3) is 0.100. The molecular weight excluding hydrogens is 268 g/mol. The van der Waals surface area contributed by atoms with Crippen molar-refractivity contribution in [2.75, 3.05) is 0 Å². The van der Waals surface area contributed by atoms with E-state index >= 15 is 0 Å². The monoisotopic (exact) mass is 284 g/mol. The fourth-order valence-electron chi connectivity index (χ4n) is 3.02. The van der Waals surface area contributed by atoms with Gasteiger partial charge in [0.05, 0.1) is 5.52 Å². The van der Waals surface area contributed by atoms with Crippen LogP contribution in [0, 0.1) is 13.8 Å². The van der Waals surface area contributed by atoms with Crippen LogP contribution in [0.2, 0.25) is 0 Å². The third-order valence-corrected chi connectivity index (χ3v) is 4.22. The molecule has 0 fully saturated rings. The van der Waals surface area contributed by atoms with Crippen LogP contribution >= 0.6 is 0 Å². The predicted octanol–water partition coefficient (Wildman–Crippen LogP) is 5.07. The second-order valence-electron chi connectivity index (χ2n) is 5.76. The number of fused-ring (bicyclic) bond motifs is 2. The van der Waals surface area contributed by atoms with Gasteiger partial charge in [0.25, 0.3) is 0 Å². The number of aromatic nitrogens is 2. The van der Waals surface area contributed by atoms with Crippen LogP contribution < -0.4 is 0 Å². The third-order valence-electron chi connectivity index (χ3n) is 4.22. The zero-order chi connectivity index (χ0) is 15.1. The zero-order valence-electron chi connectivity index (χ0n) is 12.7. The Hall–Kier alpha value is -2.74. The Morgan fingerprint density at radius 2 is 1.68 bits per heavy atom. The van der Waals surface area contributed by atoms with Crippen LogP contribution in [0.3, 0.4) is 0 Å². The first-order chi connectivity index (χ1) is 10.7. The lowest BCUT2D eigenvalue weighted by Crippen LogP contribution is -1.88. The van der Waals surface area contributed by atoms with Gasteiger partial charge in [0.15, 0.2) is 0 Å². The summed E-state index contributed by atoms with van der Waals surface area (Å²) in [5.74, 6) is 0. The lowest BCUT2D eigenvalue weighted by atomic mass is 9.95. The largest absolute Gasteiger partial charge is 0.264 e. The second-order valence-corrected chi connectivity index (χ2v) is 5.76. The van der Waals surface area contributed by atoms with Crippen molar-refractivity contribution in [3.8, 4) is 11.1 Å². The molecule has 4 aromatic rings. The summed E-state index contributed by atoms with van der Waals surface area (Å²) in [6.45, 7) is 4.23. The van der Waals surface area contributed by atoms with Crippen LogP contribution in [0.4, 0.5) is 0 Å². The molecule has 0 radical (unpaired) electrons. The molecular formula is C20H16N2. The molecule has 0 amide bonds. The maximum Gasteiger partial charge on any atom is 0.0708 e. The molecule has 2 nitrogen and oxygen atoms in total. The molecule has 2 heteroatoms. The van der Waals surface area contributed by atoms with Crippen molar-refractivity contribution < 1.29 is 0 Å². The average molecular weight is 284 g/mol. The topological polar surface area (TPSA) is 25.8 Å². The van der Waals surface area contributed by atoms with Crippen molar-refractivity contribution in [1.82, 2.24) is 9.97 Å². The second kappa shape index (κ2) is 4.92. The molecule has 0 unspecified atom stereocenters. The van der Waals surface area contributed by atoms with Gasteiger partial charge in [-0.15, -0.1) is 0 Å². The molecule has 106 valence electrons. The molecule has 2 aromatic heterocycles. The summed E-state index contributed by atoms with van der Waals surface area (Å²) in [6, 6.07) is 15.1. The van der Waals surface area contributed by atoms with E-state index in [1.165, 1.54) is 38.4 Å².